The maximum absolute atomic E-state index is 5.42. The maximum Gasteiger partial charge on any atom is 0.163 e. The van der Waals surface area contributed by atoms with E-state index in [0.717, 1.165) is 0 Å². The fourth-order valence-electron chi connectivity index (χ4n) is 0.995. The molecule has 0 saturated carbocycles. The summed E-state index contributed by atoms with van der Waals surface area (Å²) in [5.74, 6) is 4.68. The number of hydrazine groups is 1. The molecule has 4 nitrogen and oxygen atoms in total. The van der Waals surface area contributed by atoms with Gasteiger partial charge in [-0.2, -0.15) is 0 Å². The number of hydrogen-bond acceptors (Lipinski definition) is 4. The van der Waals surface area contributed by atoms with Crippen molar-refractivity contribution in [2.24, 2.45) is 5.84 Å². The van der Waals surface area contributed by atoms with E-state index in [1.165, 1.54) is 0 Å². The van der Waals surface area contributed by atoms with Crippen molar-refractivity contribution in [3.05, 3.63) is 0 Å². The van der Waals surface area contributed by atoms with Crippen LogP contribution < -0.4 is 11.3 Å². The molecule has 0 unspecified atom stereocenters. The summed E-state index contributed by atoms with van der Waals surface area (Å²) in [6.45, 7) is 5.05. The standard InChI is InChI=1S/C6H14N2O2/c1-6(2)9-4-5(10-6)3-8-7/h5,8H,3-4,7H2,1-2H3/t5-/m0/s1. The van der Waals surface area contributed by atoms with Gasteiger partial charge >= 0.3 is 0 Å². The summed E-state index contributed by atoms with van der Waals surface area (Å²) < 4.78 is 10.7. The smallest absolute Gasteiger partial charge is 0.163 e. The van der Waals surface area contributed by atoms with Crippen LogP contribution in [0.1, 0.15) is 13.8 Å². The van der Waals surface area contributed by atoms with Crippen molar-refractivity contribution in [2.75, 3.05) is 13.2 Å². The van der Waals surface area contributed by atoms with E-state index in [0.29, 0.717) is 13.2 Å². The van der Waals surface area contributed by atoms with E-state index in [2.05, 4.69) is 5.43 Å². The van der Waals surface area contributed by atoms with Crippen LogP contribution in [0.25, 0.3) is 0 Å². The molecule has 1 aliphatic heterocycles. The van der Waals surface area contributed by atoms with Crippen molar-refractivity contribution in [1.82, 2.24) is 5.43 Å². The molecule has 0 amide bonds. The molecule has 1 fully saturated rings. The molecule has 1 heterocycles. The molecule has 1 rings (SSSR count). The summed E-state index contributed by atoms with van der Waals surface area (Å²) in [6.07, 6.45) is 0.0972. The Kier molecular flexibility index (Phi) is 2.25. The molecule has 1 atom stereocenters. The van der Waals surface area contributed by atoms with Crippen LogP contribution in [0.5, 0.6) is 0 Å². The monoisotopic (exact) mass is 146 g/mol. The Morgan fingerprint density at radius 2 is 2.40 bits per heavy atom. The van der Waals surface area contributed by atoms with Crippen molar-refractivity contribution in [1.29, 1.82) is 0 Å². The second-order valence-corrected chi connectivity index (χ2v) is 2.86. The summed E-state index contributed by atoms with van der Waals surface area (Å²) >= 11 is 0. The lowest BCUT2D eigenvalue weighted by molar-refractivity contribution is -0.137. The third-order valence-electron chi connectivity index (χ3n) is 1.41. The third-order valence-corrected chi connectivity index (χ3v) is 1.41. The molecule has 0 bridgehead atoms. The number of nitrogens with one attached hydrogen (secondary N) is 1. The van der Waals surface area contributed by atoms with Gasteiger partial charge in [-0.1, -0.05) is 0 Å². The molecule has 0 aromatic heterocycles. The van der Waals surface area contributed by atoms with Crippen molar-refractivity contribution in [2.45, 2.75) is 25.7 Å². The largest absolute Gasteiger partial charge is 0.348 e. The predicted octanol–water partition coefficient (Wildman–Crippen LogP) is -0.399. The number of ether oxygens (including phenoxy) is 2. The third kappa shape index (κ3) is 1.91. The molecule has 60 valence electrons. The summed E-state index contributed by atoms with van der Waals surface area (Å²) in [4.78, 5) is 0. The molecular weight excluding hydrogens is 132 g/mol. The van der Waals surface area contributed by atoms with Crippen LogP contribution >= 0.6 is 0 Å². The number of hydrogen-bond donors (Lipinski definition) is 2. The molecule has 3 N–H and O–H groups in total. The SMILES string of the molecule is CC1(C)OC[C@H](CNN)O1. The molecular formula is C6H14N2O2. The van der Waals surface area contributed by atoms with Crippen molar-refractivity contribution in [3.63, 3.8) is 0 Å². The van der Waals surface area contributed by atoms with Gasteiger partial charge in [0.2, 0.25) is 0 Å². The molecule has 4 heteroatoms. The van der Waals surface area contributed by atoms with Gasteiger partial charge in [0, 0.05) is 6.54 Å². The minimum absolute atomic E-state index is 0.0972. The van der Waals surface area contributed by atoms with E-state index in [1.54, 1.807) is 0 Å². The Balaban J connectivity index is 2.29. The van der Waals surface area contributed by atoms with E-state index in [1.807, 2.05) is 13.8 Å². The minimum atomic E-state index is -0.429. The van der Waals surface area contributed by atoms with Gasteiger partial charge in [0.05, 0.1) is 12.7 Å². The zero-order valence-electron chi connectivity index (χ0n) is 6.39. The van der Waals surface area contributed by atoms with E-state index >= 15 is 0 Å². The Bertz CT molecular complexity index is 116. The van der Waals surface area contributed by atoms with Crippen LogP contribution in [0.2, 0.25) is 0 Å². The van der Waals surface area contributed by atoms with E-state index in [9.17, 15) is 0 Å². The van der Waals surface area contributed by atoms with E-state index < -0.39 is 5.79 Å². The summed E-state index contributed by atoms with van der Waals surface area (Å²) in [5, 5.41) is 0. The Morgan fingerprint density at radius 3 is 2.80 bits per heavy atom. The molecule has 0 radical (unpaired) electrons. The molecule has 0 spiro atoms. The minimum Gasteiger partial charge on any atom is -0.348 e. The second-order valence-electron chi connectivity index (χ2n) is 2.86. The fourth-order valence-corrected chi connectivity index (χ4v) is 0.995. The summed E-state index contributed by atoms with van der Waals surface area (Å²) in [6, 6.07) is 0. The van der Waals surface area contributed by atoms with Gasteiger partial charge in [-0.25, -0.2) is 0 Å². The molecule has 10 heavy (non-hydrogen) atoms. The average molecular weight is 146 g/mol. The highest BCUT2D eigenvalue weighted by molar-refractivity contribution is 4.71. The Labute approximate surface area is 60.6 Å². The first-order valence-electron chi connectivity index (χ1n) is 3.39. The van der Waals surface area contributed by atoms with Crippen LogP contribution in [-0.2, 0) is 9.47 Å². The van der Waals surface area contributed by atoms with Crippen LogP contribution in [0.4, 0.5) is 0 Å². The van der Waals surface area contributed by atoms with Crippen molar-refractivity contribution >= 4 is 0 Å². The van der Waals surface area contributed by atoms with Gasteiger partial charge in [-0.05, 0) is 13.8 Å². The van der Waals surface area contributed by atoms with Gasteiger partial charge in [-0.3, -0.25) is 11.3 Å². The quantitative estimate of drug-likeness (QED) is 0.411. The van der Waals surface area contributed by atoms with Gasteiger partial charge in [0.25, 0.3) is 0 Å². The fraction of sp³-hybridized carbons (Fsp3) is 1.00. The van der Waals surface area contributed by atoms with Crippen molar-refractivity contribution < 1.29 is 9.47 Å². The number of nitrogens with two attached hydrogens (primary N) is 1. The first-order valence-corrected chi connectivity index (χ1v) is 3.39. The maximum atomic E-state index is 5.42. The zero-order chi connectivity index (χ0) is 7.61. The first-order chi connectivity index (χ1) is 4.64. The molecule has 0 aromatic carbocycles. The molecule has 0 aromatic rings. The normalized spacial score (nSPS) is 30.9. The average Bonchev–Trinajstić information content (AvgIpc) is 2.12. The zero-order valence-corrected chi connectivity index (χ0v) is 6.39. The van der Waals surface area contributed by atoms with Gasteiger partial charge in [0.15, 0.2) is 5.79 Å². The highest BCUT2D eigenvalue weighted by Crippen LogP contribution is 2.21. The molecule has 0 aliphatic carbocycles. The topological polar surface area (TPSA) is 56.5 Å². The summed E-state index contributed by atoms with van der Waals surface area (Å²) in [5.41, 5.74) is 2.54. The van der Waals surface area contributed by atoms with Gasteiger partial charge < -0.3 is 9.47 Å². The van der Waals surface area contributed by atoms with Crippen LogP contribution in [0, 0.1) is 0 Å². The molecule has 1 saturated heterocycles. The summed E-state index contributed by atoms with van der Waals surface area (Å²) in [7, 11) is 0. The Morgan fingerprint density at radius 1 is 1.70 bits per heavy atom. The highest BCUT2D eigenvalue weighted by Gasteiger charge is 2.31. The van der Waals surface area contributed by atoms with Gasteiger partial charge in [-0.15, -0.1) is 0 Å². The highest BCUT2D eigenvalue weighted by atomic mass is 16.7. The molecule has 1 aliphatic rings. The number of rotatable bonds is 2. The predicted molar refractivity (Wildman–Crippen MR) is 37.1 cm³/mol. The first kappa shape index (κ1) is 7.94. The van der Waals surface area contributed by atoms with Crippen LogP contribution in [-0.4, -0.2) is 25.0 Å². The van der Waals surface area contributed by atoms with Crippen molar-refractivity contribution in [3.8, 4) is 0 Å². The Hall–Kier alpha value is -0.160. The lowest BCUT2D eigenvalue weighted by Gasteiger charge is -2.16. The van der Waals surface area contributed by atoms with E-state index in [4.69, 9.17) is 15.3 Å². The lowest BCUT2D eigenvalue weighted by Crippen LogP contribution is -2.34. The second kappa shape index (κ2) is 2.84. The van der Waals surface area contributed by atoms with E-state index in [-0.39, 0.29) is 6.10 Å². The lowest BCUT2D eigenvalue weighted by atomic mass is 10.4. The van der Waals surface area contributed by atoms with Gasteiger partial charge in [0.1, 0.15) is 0 Å². The van der Waals surface area contributed by atoms with Crippen LogP contribution in [0.15, 0.2) is 0 Å². The van der Waals surface area contributed by atoms with Crippen LogP contribution in [0.3, 0.4) is 0 Å².